The van der Waals surface area contributed by atoms with Crippen molar-refractivity contribution in [2.45, 2.75) is 13.8 Å². The number of rotatable bonds is 4. The standard InChI is InChI=1S/C6H13PS2/c1-4-6(2,3)5-8-9-7/h4H,1,5,7H2,2-3H3. The quantitative estimate of drug-likeness (QED) is 0.369. The van der Waals surface area contributed by atoms with Crippen LogP contribution in [0.3, 0.4) is 0 Å². The topological polar surface area (TPSA) is 0 Å². The Labute approximate surface area is 67.6 Å². The van der Waals surface area contributed by atoms with E-state index in [9.17, 15) is 0 Å². The highest BCUT2D eigenvalue weighted by Gasteiger charge is 2.11. The van der Waals surface area contributed by atoms with Crippen LogP contribution in [0.5, 0.6) is 0 Å². The first-order valence-corrected chi connectivity index (χ1v) is 6.54. The Bertz CT molecular complexity index is 91.1. The van der Waals surface area contributed by atoms with Gasteiger partial charge in [-0.3, -0.25) is 0 Å². The summed E-state index contributed by atoms with van der Waals surface area (Å²) in [5, 5.41) is 0. The zero-order chi connectivity index (χ0) is 7.33. The van der Waals surface area contributed by atoms with Crippen molar-refractivity contribution in [3.63, 3.8) is 0 Å². The Morgan fingerprint density at radius 1 is 1.67 bits per heavy atom. The molecule has 0 aromatic heterocycles. The average molecular weight is 180 g/mol. The van der Waals surface area contributed by atoms with Crippen LogP contribution in [0.1, 0.15) is 13.8 Å². The molecule has 0 aromatic rings. The lowest BCUT2D eigenvalue weighted by Gasteiger charge is -2.17. The molecule has 0 aliphatic rings. The summed E-state index contributed by atoms with van der Waals surface area (Å²) in [6, 6.07) is 0. The number of hydrogen-bond donors (Lipinski definition) is 0. The van der Waals surface area contributed by atoms with Gasteiger partial charge in [0.1, 0.15) is 0 Å². The largest absolute Gasteiger partial charge is 0.103 e. The number of hydrogen-bond acceptors (Lipinski definition) is 2. The van der Waals surface area contributed by atoms with Crippen molar-refractivity contribution in [2.75, 3.05) is 5.75 Å². The molecule has 9 heavy (non-hydrogen) atoms. The molecule has 0 aliphatic carbocycles. The minimum atomic E-state index is 0.286. The molecule has 1 unspecified atom stereocenters. The van der Waals surface area contributed by atoms with Crippen LogP contribution in [-0.2, 0) is 0 Å². The molecule has 0 nitrogen and oxygen atoms in total. The molecule has 0 amide bonds. The molecule has 0 radical (unpaired) electrons. The molecule has 0 bridgehead atoms. The van der Waals surface area contributed by atoms with Crippen molar-refractivity contribution in [2.24, 2.45) is 5.41 Å². The molecule has 0 aliphatic heterocycles. The summed E-state index contributed by atoms with van der Waals surface area (Å²) in [7, 11) is 6.20. The maximum Gasteiger partial charge on any atom is 0.0126 e. The van der Waals surface area contributed by atoms with Crippen molar-refractivity contribution in [1.29, 1.82) is 0 Å². The lowest BCUT2D eigenvalue weighted by molar-refractivity contribution is 0.559. The molecule has 0 fully saturated rings. The SMILES string of the molecule is C=CC(C)(C)CSSP. The maximum atomic E-state index is 3.76. The van der Waals surface area contributed by atoms with Crippen molar-refractivity contribution >= 4 is 29.6 Å². The van der Waals surface area contributed by atoms with Crippen LogP contribution in [0.2, 0.25) is 0 Å². The molecule has 3 heteroatoms. The van der Waals surface area contributed by atoms with E-state index in [0.29, 0.717) is 0 Å². The van der Waals surface area contributed by atoms with Gasteiger partial charge in [0, 0.05) is 5.75 Å². The lowest BCUT2D eigenvalue weighted by Crippen LogP contribution is -2.08. The Balaban J connectivity index is 3.45. The molecule has 0 N–H and O–H groups in total. The van der Waals surface area contributed by atoms with Crippen LogP contribution in [-0.4, -0.2) is 5.75 Å². The molecule has 1 atom stereocenters. The molecular formula is C6H13PS2. The van der Waals surface area contributed by atoms with Gasteiger partial charge < -0.3 is 0 Å². The fraction of sp³-hybridized carbons (Fsp3) is 0.667. The molecule has 0 saturated heterocycles. The fourth-order valence-corrected chi connectivity index (χ4v) is 2.46. The molecule has 0 spiro atoms. The van der Waals surface area contributed by atoms with Crippen molar-refractivity contribution in [3.05, 3.63) is 12.7 Å². The third-order valence-electron chi connectivity index (χ3n) is 1.05. The third-order valence-corrected chi connectivity index (χ3v) is 4.04. The van der Waals surface area contributed by atoms with Crippen molar-refractivity contribution < 1.29 is 0 Å². The Morgan fingerprint density at radius 3 is 2.56 bits per heavy atom. The predicted molar refractivity (Wildman–Crippen MR) is 53.7 cm³/mol. The third kappa shape index (κ3) is 5.32. The smallest absolute Gasteiger partial charge is 0.0126 e. The van der Waals surface area contributed by atoms with Gasteiger partial charge in [-0.05, 0) is 5.41 Å². The second kappa shape index (κ2) is 4.65. The van der Waals surface area contributed by atoms with Gasteiger partial charge in [0.15, 0.2) is 0 Å². The van der Waals surface area contributed by atoms with Crippen LogP contribution in [0.15, 0.2) is 12.7 Å². The van der Waals surface area contributed by atoms with Crippen molar-refractivity contribution in [3.8, 4) is 0 Å². The summed E-state index contributed by atoms with van der Waals surface area (Å²) < 4.78 is 0. The van der Waals surface area contributed by atoms with Gasteiger partial charge in [-0.15, -0.1) is 6.58 Å². The summed E-state index contributed by atoms with van der Waals surface area (Å²) >= 11 is 0. The van der Waals surface area contributed by atoms with E-state index in [1.54, 1.807) is 10.4 Å². The van der Waals surface area contributed by atoms with Gasteiger partial charge >= 0.3 is 0 Å². The number of allylic oxidation sites excluding steroid dienone is 1. The summed E-state index contributed by atoms with van der Waals surface area (Å²) in [6.45, 7) is 8.13. The normalized spacial score (nSPS) is 11.4. The minimum Gasteiger partial charge on any atom is -0.103 e. The molecule has 54 valence electrons. The minimum absolute atomic E-state index is 0.286. The zero-order valence-electron chi connectivity index (χ0n) is 5.89. The van der Waals surface area contributed by atoms with E-state index in [0.717, 1.165) is 5.75 Å². The summed E-state index contributed by atoms with van der Waals surface area (Å²) in [5.74, 6) is 1.13. The van der Waals surface area contributed by atoms with Crippen LogP contribution in [0.25, 0.3) is 0 Å². The first kappa shape index (κ1) is 9.87. The van der Waals surface area contributed by atoms with Crippen LogP contribution < -0.4 is 0 Å². The highest BCUT2D eigenvalue weighted by molar-refractivity contribution is 8.94. The van der Waals surface area contributed by atoms with Crippen LogP contribution >= 0.6 is 29.6 Å². The van der Waals surface area contributed by atoms with E-state index >= 15 is 0 Å². The Kier molecular flexibility index (Phi) is 5.10. The van der Waals surface area contributed by atoms with Crippen LogP contribution in [0.4, 0.5) is 0 Å². The highest BCUT2D eigenvalue weighted by atomic mass is 33.3. The molecule has 0 rings (SSSR count). The first-order chi connectivity index (χ1) is 4.12. The van der Waals surface area contributed by atoms with Gasteiger partial charge in [0.25, 0.3) is 0 Å². The van der Waals surface area contributed by atoms with Gasteiger partial charge in [-0.25, -0.2) is 0 Å². The van der Waals surface area contributed by atoms with E-state index < -0.39 is 0 Å². The zero-order valence-corrected chi connectivity index (χ0v) is 8.67. The van der Waals surface area contributed by atoms with Gasteiger partial charge in [0.05, 0.1) is 0 Å². The Hall–Kier alpha value is 0.870. The van der Waals surface area contributed by atoms with Crippen LogP contribution in [0, 0.1) is 5.41 Å². The molecular weight excluding hydrogens is 167 g/mol. The van der Waals surface area contributed by atoms with E-state index in [-0.39, 0.29) is 5.41 Å². The summed E-state index contributed by atoms with van der Waals surface area (Å²) in [4.78, 5) is 0. The van der Waals surface area contributed by atoms with Crippen molar-refractivity contribution in [1.82, 2.24) is 0 Å². The second-order valence-corrected chi connectivity index (χ2v) is 6.28. The molecule has 0 heterocycles. The van der Waals surface area contributed by atoms with E-state index in [4.69, 9.17) is 0 Å². The van der Waals surface area contributed by atoms with Gasteiger partial charge in [0.2, 0.25) is 0 Å². The second-order valence-electron chi connectivity index (χ2n) is 2.55. The van der Waals surface area contributed by atoms with E-state index in [1.165, 1.54) is 0 Å². The summed E-state index contributed by atoms with van der Waals surface area (Å²) in [6.07, 6.45) is 2.00. The highest BCUT2D eigenvalue weighted by Crippen LogP contribution is 2.34. The first-order valence-electron chi connectivity index (χ1n) is 2.74. The fourth-order valence-electron chi connectivity index (χ4n) is 0.245. The lowest BCUT2D eigenvalue weighted by atomic mass is 9.97. The van der Waals surface area contributed by atoms with E-state index in [1.807, 2.05) is 16.9 Å². The Morgan fingerprint density at radius 2 is 2.22 bits per heavy atom. The van der Waals surface area contributed by atoms with E-state index in [2.05, 4.69) is 28.9 Å². The maximum absolute atomic E-state index is 3.76. The molecule has 0 aromatic carbocycles. The predicted octanol–water partition coefficient (Wildman–Crippen LogP) is 3.37. The van der Waals surface area contributed by atoms with Gasteiger partial charge in [-0.2, -0.15) is 0 Å². The average Bonchev–Trinajstić information content (AvgIpc) is 1.84. The summed E-state index contributed by atoms with van der Waals surface area (Å²) in [5.41, 5.74) is 0.286. The molecule has 0 saturated carbocycles. The monoisotopic (exact) mass is 180 g/mol. The van der Waals surface area contributed by atoms with Gasteiger partial charge in [-0.1, -0.05) is 49.6 Å².